The molecule has 0 spiro atoms. The van der Waals surface area contributed by atoms with Crippen LogP contribution in [0.2, 0.25) is 10.0 Å². The van der Waals surface area contributed by atoms with Crippen molar-refractivity contribution < 1.29 is 18.7 Å². The summed E-state index contributed by atoms with van der Waals surface area (Å²) in [6.45, 7) is 5.23. The molecule has 1 aliphatic rings. The van der Waals surface area contributed by atoms with Crippen molar-refractivity contribution in [2.24, 2.45) is 0 Å². The van der Waals surface area contributed by atoms with Gasteiger partial charge in [0.25, 0.3) is 5.91 Å². The third-order valence-corrected chi connectivity index (χ3v) is 7.15. The zero-order valence-electron chi connectivity index (χ0n) is 18.2. The molecule has 0 aliphatic carbocycles. The van der Waals surface area contributed by atoms with Crippen LogP contribution in [-0.2, 0) is 4.74 Å². The van der Waals surface area contributed by atoms with Gasteiger partial charge >= 0.3 is 5.97 Å². The van der Waals surface area contributed by atoms with E-state index < -0.39 is 17.9 Å². The number of hydrogen-bond acceptors (Lipinski definition) is 7. The van der Waals surface area contributed by atoms with E-state index in [2.05, 4.69) is 11.6 Å². The third kappa shape index (κ3) is 3.93. The van der Waals surface area contributed by atoms with Crippen LogP contribution in [0.15, 0.2) is 64.3 Å². The normalized spacial score (nSPS) is 14.9. The molecule has 0 saturated heterocycles. The van der Waals surface area contributed by atoms with Crippen molar-refractivity contribution in [3.8, 4) is 0 Å². The number of carbonyl (C=O) groups is 2. The zero-order valence-corrected chi connectivity index (χ0v) is 20.5. The van der Waals surface area contributed by atoms with E-state index >= 15 is 0 Å². The maximum absolute atomic E-state index is 13.7. The summed E-state index contributed by atoms with van der Waals surface area (Å²) in [7, 11) is 0. The van der Waals surface area contributed by atoms with Crippen LogP contribution in [0.4, 0.5) is 5.13 Å². The first kappa shape index (κ1) is 23.3. The summed E-state index contributed by atoms with van der Waals surface area (Å²) in [4.78, 5) is 45.8. The van der Waals surface area contributed by atoms with Crippen LogP contribution >= 0.6 is 34.5 Å². The fraction of sp³-hybridized carbons (Fsp3) is 0.120. The second kappa shape index (κ2) is 8.96. The molecule has 1 unspecified atom stereocenters. The number of fused-ring (bicyclic) bond motifs is 2. The van der Waals surface area contributed by atoms with Crippen molar-refractivity contribution in [1.82, 2.24) is 4.98 Å². The van der Waals surface area contributed by atoms with E-state index in [1.165, 1.54) is 17.0 Å². The molecule has 0 saturated carbocycles. The molecule has 0 bridgehead atoms. The van der Waals surface area contributed by atoms with Crippen LogP contribution in [0.5, 0.6) is 0 Å². The van der Waals surface area contributed by atoms with Gasteiger partial charge < -0.3 is 9.15 Å². The Morgan fingerprint density at radius 2 is 1.91 bits per heavy atom. The Hall–Kier alpha value is -3.46. The van der Waals surface area contributed by atoms with E-state index in [9.17, 15) is 14.4 Å². The average molecular weight is 527 g/mol. The molecular formula is C25H16Cl2N2O5S. The van der Waals surface area contributed by atoms with Crippen molar-refractivity contribution in [2.45, 2.75) is 13.0 Å². The predicted molar refractivity (Wildman–Crippen MR) is 135 cm³/mol. The van der Waals surface area contributed by atoms with E-state index in [1.807, 2.05) is 0 Å². The molecule has 0 fully saturated rings. The molecule has 176 valence electrons. The summed E-state index contributed by atoms with van der Waals surface area (Å²) in [5.41, 5.74) is 1.05. The highest BCUT2D eigenvalue weighted by atomic mass is 35.5. The smallest absolute Gasteiger partial charge is 0.350 e. The highest BCUT2D eigenvalue weighted by Gasteiger charge is 2.45. The van der Waals surface area contributed by atoms with Crippen molar-refractivity contribution in [2.75, 3.05) is 11.5 Å². The average Bonchev–Trinajstić information content (AvgIpc) is 3.36. The van der Waals surface area contributed by atoms with Crippen LogP contribution in [0.25, 0.3) is 11.0 Å². The second-order valence-corrected chi connectivity index (χ2v) is 9.59. The number of rotatable bonds is 5. The number of nitrogens with zero attached hydrogens (tertiary/aromatic N) is 2. The lowest BCUT2D eigenvalue weighted by Crippen LogP contribution is -2.29. The van der Waals surface area contributed by atoms with Crippen molar-refractivity contribution in [3.63, 3.8) is 0 Å². The molecule has 2 aromatic carbocycles. The Balaban J connectivity index is 1.72. The van der Waals surface area contributed by atoms with Crippen molar-refractivity contribution in [1.29, 1.82) is 0 Å². The van der Waals surface area contributed by atoms with Crippen LogP contribution in [0.1, 0.15) is 43.1 Å². The SMILES string of the molecule is C=CCOC(=O)c1sc(N2C(=O)c3oc4ccc(Cl)cc4c(=O)c3C2c2ccc(Cl)cc2)nc1C. The van der Waals surface area contributed by atoms with Gasteiger partial charge in [0.15, 0.2) is 10.6 Å². The lowest BCUT2D eigenvalue weighted by molar-refractivity contribution is 0.0554. The molecule has 0 radical (unpaired) electrons. The minimum absolute atomic E-state index is 0.0422. The number of benzene rings is 2. The number of carbonyl (C=O) groups excluding carboxylic acids is 2. The number of ether oxygens (including phenoxy) is 1. The second-order valence-electron chi connectivity index (χ2n) is 7.74. The molecular weight excluding hydrogens is 511 g/mol. The van der Waals surface area contributed by atoms with Gasteiger partial charge in [0.2, 0.25) is 5.76 Å². The standard InChI is InChI=1S/C25H16Cl2N2O5S/c1-3-10-33-24(32)22-12(2)28-25(35-22)29-19(13-4-6-14(26)7-5-13)18-20(30)16-11-15(27)8-9-17(16)34-21(18)23(29)31/h3-9,11,19H,1,10H2,2H3. The molecule has 3 heterocycles. The fourth-order valence-electron chi connectivity index (χ4n) is 3.98. The molecule has 35 heavy (non-hydrogen) atoms. The monoisotopic (exact) mass is 526 g/mol. The lowest BCUT2D eigenvalue weighted by Gasteiger charge is -2.22. The van der Waals surface area contributed by atoms with Gasteiger partial charge in [0.1, 0.15) is 17.1 Å². The summed E-state index contributed by atoms with van der Waals surface area (Å²) in [6.07, 6.45) is 1.46. The van der Waals surface area contributed by atoms with Gasteiger partial charge in [-0.15, -0.1) is 0 Å². The third-order valence-electron chi connectivity index (χ3n) is 5.53. The Morgan fingerprint density at radius 3 is 2.63 bits per heavy atom. The summed E-state index contributed by atoms with van der Waals surface area (Å²) in [6, 6.07) is 10.6. The molecule has 4 aromatic rings. The van der Waals surface area contributed by atoms with Gasteiger partial charge in [-0.1, -0.05) is 59.3 Å². The van der Waals surface area contributed by atoms with E-state index in [0.29, 0.717) is 21.3 Å². The Bertz CT molecular complexity index is 1580. The van der Waals surface area contributed by atoms with Crippen molar-refractivity contribution in [3.05, 3.63) is 103 Å². The first-order valence-corrected chi connectivity index (χ1v) is 12.0. The van der Waals surface area contributed by atoms with Crippen LogP contribution < -0.4 is 10.3 Å². The van der Waals surface area contributed by atoms with E-state index in [0.717, 1.165) is 11.3 Å². The van der Waals surface area contributed by atoms with E-state index in [1.54, 1.807) is 43.3 Å². The summed E-state index contributed by atoms with van der Waals surface area (Å²) in [5, 5.41) is 1.35. The number of halogens is 2. The molecule has 2 aromatic heterocycles. The summed E-state index contributed by atoms with van der Waals surface area (Å²) in [5.74, 6) is -1.21. The minimum Gasteiger partial charge on any atom is -0.457 e. The molecule has 0 N–H and O–H groups in total. The van der Waals surface area contributed by atoms with Gasteiger partial charge in [0, 0.05) is 10.0 Å². The molecule has 1 aliphatic heterocycles. The van der Waals surface area contributed by atoms with E-state index in [4.69, 9.17) is 32.4 Å². The number of thiazole rings is 1. The summed E-state index contributed by atoms with van der Waals surface area (Å²) >= 11 is 13.2. The Kier molecular flexibility index (Phi) is 5.96. The highest BCUT2D eigenvalue weighted by molar-refractivity contribution is 7.17. The van der Waals surface area contributed by atoms with Gasteiger partial charge in [-0.2, -0.15) is 0 Å². The first-order valence-electron chi connectivity index (χ1n) is 10.4. The Labute approximate surface area is 213 Å². The maximum atomic E-state index is 13.7. The highest BCUT2D eigenvalue weighted by Crippen LogP contribution is 2.43. The maximum Gasteiger partial charge on any atom is 0.350 e. The number of esters is 1. The predicted octanol–water partition coefficient (Wildman–Crippen LogP) is 5.96. The number of aryl methyl sites for hydroxylation is 1. The number of amides is 1. The van der Waals surface area contributed by atoms with Gasteiger partial charge in [-0.25, -0.2) is 9.78 Å². The van der Waals surface area contributed by atoms with Gasteiger partial charge in [-0.05, 0) is 42.8 Å². The minimum atomic E-state index is -0.850. The zero-order chi connectivity index (χ0) is 24.9. The number of anilines is 1. The Morgan fingerprint density at radius 1 is 1.20 bits per heavy atom. The molecule has 5 rings (SSSR count). The van der Waals surface area contributed by atoms with Crippen LogP contribution in [0.3, 0.4) is 0 Å². The number of aromatic nitrogens is 1. The quantitative estimate of drug-likeness (QED) is 0.235. The summed E-state index contributed by atoms with van der Waals surface area (Å²) < 4.78 is 11.1. The fourth-order valence-corrected chi connectivity index (χ4v) is 5.26. The van der Waals surface area contributed by atoms with E-state index in [-0.39, 0.29) is 44.3 Å². The number of hydrogen-bond donors (Lipinski definition) is 0. The molecule has 1 atom stereocenters. The topological polar surface area (TPSA) is 89.7 Å². The van der Waals surface area contributed by atoms with Crippen LogP contribution in [-0.4, -0.2) is 23.5 Å². The molecule has 10 heteroatoms. The molecule has 1 amide bonds. The van der Waals surface area contributed by atoms with Gasteiger partial charge in [-0.3, -0.25) is 14.5 Å². The lowest BCUT2D eigenvalue weighted by atomic mass is 9.99. The van der Waals surface area contributed by atoms with Crippen LogP contribution in [0, 0.1) is 6.92 Å². The largest absolute Gasteiger partial charge is 0.457 e. The molecule has 7 nitrogen and oxygen atoms in total. The van der Waals surface area contributed by atoms with Crippen molar-refractivity contribution >= 4 is 62.5 Å². The first-order chi connectivity index (χ1) is 16.8. The van der Waals surface area contributed by atoms with Gasteiger partial charge in [0.05, 0.1) is 22.7 Å².